The molecule has 1 amide bonds. The van der Waals surface area contributed by atoms with Gasteiger partial charge in [0, 0.05) is 6.54 Å². The van der Waals surface area contributed by atoms with Crippen molar-refractivity contribution in [3.8, 4) is 0 Å². The van der Waals surface area contributed by atoms with E-state index in [9.17, 15) is 14.7 Å². The molecule has 0 radical (unpaired) electrons. The Bertz CT molecular complexity index is 433. The molecule has 23 heavy (non-hydrogen) atoms. The van der Waals surface area contributed by atoms with Crippen LogP contribution in [-0.4, -0.2) is 29.3 Å². The first-order chi connectivity index (χ1) is 10.7. The molecule has 2 aliphatic carbocycles. The average Bonchev–Trinajstić information content (AvgIpc) is 3.07. The fourth-order valence-corrected chi connectivity index (χ4v) is 3.68. The Morgan fingerprint density at radius 1 is 1.04 bits per heavy atom. The lowest BCUT2D eigenvalue weighted by Gasteiger charge is -2.32. The highest BCUT2D eigenvalue weighted by atomic mass is 16.6. The second-order valence-corrected chi connectivity index (χ2v) is 8.44. The molecular formula is C18H31NO4. The predicted octanol–water partition coefficient (Wildman–Crippen LogP) is 3.96. The van der Waals surface area contributed by atoms with E-state index in [2.05, 4.69) is 5.32 Å². The maximum atomic E-state index is 12.1. The average molecular weight is 325 g/mol. The van der Waals surface area contributed by atoms with Gasteiger partial charge in [0.05, 0.1) is 5.41 Å². The molecule has 0 saturated heterocycles. The lowest BCUT2D eigenvalue weighted by atomic mass is 9.74. The number of carbonyl (C=O) groups is 2. The van der Waals surface area contributed by atoms with Crippen LogP contribution in [0.15, 0.2) is 0 Å². The van der Waals surface area contributed by atoms with Crippen molar-refractivity contribution in [2.24, 2.45) is 17.3 Å². The summed E-state index contributed by atoms with van der Waals surface area (Å²) in [4.78, 5) is 24.0. The maximum absolute atomic E-state index is 12.1. The van der Waals surface area contributed by atoms with E-state index >= 15 is 0 Å². The first-order valence-electron chi connectivity index (χ1n) is 8.90. The highest BCUT2D eigenvalue weighted by Gasteiger charge is 2.45. The summed E-state index contributed by atoms with van der Waals surface area (Å²) in [7, 11) is 0. The van der Waals surface area contributed by atoms with Gasteiger partial charge >= 0.3 is 12.1 Å². The van der Waals surface area contributed by atoms with Gasteiger partial charge in [-0.3, -0.25) is 4.79 Å². The lowest BCUT2D eigenvalue weighted by molar-refractivity contribution is -0.150. The van der Waals surface area contributed by atoms with E-state index in [1.165, 1.54) is 12.8 Å². The molecule has 0 aromatic carbocycles. The number of carboxylic acids is 1. The molecule has 5 nitrogen and oxygen atoms in total. The Morgan fingerprint density at radius 3 is 2.00 bits per heavy atom. The van der Waals surface area contributed by atoms with E-state index in [1.54, 1.807) is 20.8 Å². The second-order valence-electron chi connectivity index (χ2n) is 8.44. The third-order valence-corrected chi connectivity index (χ3v) is 4.95. The second kappa shape index (κ2) is 7.10. The summed E-state index contributed by atoms with van der Waals surface area (Å²) >= 11 is 0. The Balaban J connectivity index is 2.01. The standard InChI is InChI=1S/C18H31NO4/c1-17(2,3)23-16(22)19-12-18(15(20)21,11-14-8-9-14)10-13-6-4-5-7-13/h13-14H,4-12H2,1-3H3,(H,19,22)(H,20,21). The van der Waals surface area contributed by atoms with Gasteiger partial charge in [0.25, 0.3) is 0 Å². The third-order valence-electron chi connectivity index (χ3n) is 4.95. The van der Waals surface area contributed by atoms with Gasteiger partial charge in [-0.2, -0.15) is 0 Å². The van der Waals surface area contributed by atoms with E-state index in [0.29, 0.717) is 24.7 Å². The predicted molar refractivity (Wildman–Crippen MR) is 88.2 cm³/mol. The zero-order valence-electron chi connectivity index (χ0n) is 14.7. The van der Waals surface area contributed by atoms with Crippen LogP contribution < -0.4 is 5.32 Å². The number of hydrogen-bond donors (Lipinski definition) is 2. The van der Waals surface area contributed by atoms with Crippen LogP contribution in [-0.2, 0) is 9.53 Å². The zero-order chi connectivity index (χ0) is 17.1. The van der Waals surface area contributed by atoms with E-state index in [-0.39, 0.29) is 6.54 Å². The minimum absolute atomic E-state index is 0.171. The number of alkyl carbamates (subject to hydrolysis) is 1. The smallest absolute Gasteiger partial charge is 0.407 e. The molecule has 2 aliphatic rings. The SMILES string of the molecule is CC(C)(C)OC(=O)NCC(CC1CCCC1)(CC1CC1)C(=O)O. The first kappa shape index (κ1) is 18.1. The van der Waals surface area contributed by atoms with Crippen LogP contribution in [0, 0.1) is 17.3 Å². The summed E-state index contributed by atoms with van der Waals surface area (Å²) in [6.45, 7) is 5.59. The van der Waals surface area contributed by atoms with Crippen LogP contribution in [0.2, 0.25) is 0 Å². The van der Waals surface area contributed by atoms with Gasteiger partial charge in [0.15, 0.2) is 0 Å². The fraction of sp³-hybridized carbons (Fsp3) is 0.889. The summed E-state index contributed by atoms with van der Waals surface area (Å²) in [5.74, 6) is 0.214. The van der Waals surface area contributed by atoms with Gasteiger partial charge in [-0.15, -0.1) is 0 Å². The number of aliphatic carboxylic acids is 1. The van der Waals surface area contributed by atoms with Crippen LogP contribution in [0.25, 0.3) is 0 Å². The van der Waals surface area contributed by atoms with Gasteiger partial charge in [0.2, 0.25) is 0 Å². The topological polar surface area (TPSA) is 75.6 Å². The number of carbonyl (C=O) groups excluding carboxylic acids is 1. The minimum Gasteiger partial charge on any atom is -0.481 e. The largest absolute Gasteiger partial charge is 0.481 e. The van der Waals surface area contributed by atoms with Gasteiger partial charge in [-0.1, -0.05) is 38.5 Å². The normalized spacial score (nSPS) is 21.7. The van der Waals surface area contributed by atoms with Gasteiger partial charge in [0.1, 0.15) is 5.60 Å². The van der Waals surface area contributed by atoms with Crippen LogP contribution in [0.5, 0.6) is 0 Å². The van der Waals surface area contributed by atoms with E-state index in [4.69, 9.17) is 4.74 Å². The van der Waals surface area contributed by atoms with Crippen molar-refractivity contribution in [1.82, 2.24) is 5.32 Å². The van der Waals surface area contributed by atoms with Crippen molar-refractivity contribution in [1.29, 1.82) is 0 Å². The Labute approximate surface area is 139 Å². The van der Waals surface area contributed by atoms with Crippen LogP contribution >= 0.6 is 0 Å². The molecule has 2 rings (SSSR count). The Kier molecular flexibility index (Phi) is 5.58. The van der Waals surface area contributed by atoms with Crippen molar-refractivity contribution >= 4 is 12.1 Å². The van der Waals surface area contributed by atoms with Crippen LogP contribution in [0.4, 0.5) is 4.79 Å². The molecule has 0 aromatic rings. The molecule has 5 heteroatoms. The summed E-state index contributed by atoms with van der Waals surface area (Å²) in [6, 6.07) is 0. The number of amides is 1. The molecule has 0 aromatic heterocycles. The number of carboxylic acid groups (broad SMARTS) is 1. The molecule has 0 aliphatic heterocycles. The summed E-state index contributed by atoms with van der Waals surface area (Å²) in [6.07, 6.45) is 7.69. The lowest BCUT2D eigenvalue weighted by Crippen LogP contribution is -2.46. The molecule has 132 valence electrons. The number of nitrogens with one attached hydrogen (secondary N) is 1. The van der Waals surface area contributed by atoms with Crippen LogP contribution in [0.3, 0.4) is 0 Å². The van der Waals surface area contributed by atoms with Crippen molar-refractivity contribution in [3.63, 3.8) is 0 Å². The molecule has 0 heterocycles. The van der Waals surface area contributed by atoms with Gasteiger partial charge < -0.3 is 15.2 Å². The fourth-order valence-electron chi connectivity index (χ4n) is 3.68. The Hall–Kier alpha value is -1.26. The van der Waals surface area contributed by atoms with Crippen molar-refractivity contribution in [2.75, 3.05) is 6.54 Å². The minimum atomic E-state index is -0.840. The quantitative estimate of drug-likeness (QED) is 0.743. The van der Waals surface area contributed by atoms with Crippen molar-refractivity contribution in [3.05, 3.63) is 0 Å². The molecular weight excluding hydrogens is 294 g/mol. The molecule has 0 bridgehead atoms. The highest BCUT2D eigenvalue weighted by Crippen LogP contribution is 2.45. The van der Waals surface area contributed by atoms with Crippen molar-refractivity contribution in [2.45, 2.75) is 77.7 Å². The zero-order valence-corrected chi connectivity index (χ0v) is 14.7. The molecule has 2 saturated carbocycles. The molecule has 2 N–H and O–H groups in total. The molecule has 2 fully saturated rings. The Morgan fingerprint density at radius 2 is 1.57 bits per heavy atom. The first-order valence-corrected chi connectivity index (χ1v) is 8.90. The monoisotopic (exact) mass is 325 g/mol. The number of ether oxygens (including phenoxy) is 1. The number of hydrogen-bond acceptors (Lipinski definition) is 3. The van der Waals surface area contributed by atoms with E-state index in [0.717, 1.165) is 25.7 Å². The van der Waals surface area contributed by atoms with E-state index < -0.39 is 23.1 Å². The molecule has 0 spiro atoms. The number of rotatable bonds is 7. The van der Waals surface area contributed by atoms with Gasteiger partial charge in [-0.05, 0) is 45.4 Å². The molecule has 1 atom stereocenters. The van der Waals surface area contributed by atoms with E-state index in [1.807, 2.05) is 0 Å². The van der Waals surface area contributed by atoms with Gasteiger partial charge in [-0.25, -0.2) is 4.79 Å². The summed E-state index contributed by atoms with van der Waals surface area (Å²) in [5, 5.41) is 12.6. The summed E-state index contributed by atoms with van der Waals surface area (Å²) < 4.78 is 5.26. The molecule has 1 unspecified atom stereocenters. The highest BCUT2D eigenvalue weighted by molar-refractivity contribution is 5.76. The van der Waals surface area contributed by atoms with Crippen molar-refractivity contribution < 1.29 is 19.4 Å². The van der Waals surface area contributed by atoms with Crippen LogP contribution in [0.1, 0.15) is 72.1 Å². The maximum Gasteiger partial charge on any atom is 0.407 e. The summed E-state index contributed by atoms with van der Waals surface area (Å²) in [5.41, 5.74) is -1.41. The third kappa shape index (κ3) is 5.70.